The molecule has 4 rings (SSSR count). The van der Waals surface area contributed by atoms with E-state index in [1.807, 2.05) is 35.2 Å². The van der Waals surface area contributed by atoms with Crippen LogP contribution in [-0.2, 0) is 11.3 Å². The second-order valence-corrected chi connectivity index (χ2v) is 7.09. The zero-order valence-electron chi connectivity index (χ0n) is 16.4. The Morgan fingerprint density at radius 1 is 1.10 bits per heavy atom. The van der Waals surface area contributed by atoms with Crippen LogP contribution in [0.5, 0.6) is 0 Å². The Labute approximate surface area is 172 Å². The number of aromatic nitrogens is 4. The molecule has 156 valence electrons. The average molecular weight is 409 g/mol. The molecule has 30 heavy (non-hydrogen) atoms. The molecule has 10 nitrogen and oxygen atoms in total. The Hall–Kier alpha value is -3.69. The molecule has 1 aliphatic heterocycles. The lowest BCUT2D eigenvalue weighted by atomic mass is 10.3. The van der Waals surface area contributed by atoms with Gasteiger partial charge in [-0.2, -0.15) is 5.10 Å². The lowest BCUT2D eigenvalue weighted by molar-refractivity contribution is -0.129. The number of amides is 3. The molecule has 1 fully saturated rings. The van der Waals surface area contributed by atoms with Gasteiger partial charge in [0.05, 0.1) is 18.4 Å². The molecule has 0 aliphatic carbocycles. The van der Waals surface area contributed by atoms with E-state index in [2.05, 4.69) is 25.7 Å². The third-order valence-electron chi connectivity index (χ3n) is 4.99. The van der Waals surface area contributed by atoms with Crippen LogP contribution in [0.25, 0.3) is 16.7 Å². The number of carbonyl (C=O) groups excluding carboxylic acids is 2. The van der Waals surface area contributed by atoms with Crippen LogP contribution in [0.3, 0.4) is 0 Å². The highest BCUT2D eigenvalue weighted by Crippen LogP contribution is 2.13. The average Bonchev–Trinajstić information content (AvgIpc) is 3.43. The first-order valence-electron chi connectivity index (χ1n) is 9.93. The Balaban J connectivity index is 1.36. The van der Waals surface area contributed by atoms with Crippen molar-refractivity contribution in [1.82, 2.24) is 35.3 Å². The number of urea groups is 1. The van der Waals surface area contributed by atoms with Gasteiger partial charge in [0, 0.05) is 26.1 Å². The zero-order valence-corrected chi connectivity index (χ0v) is 16.4. The monoisotopic (exact) mass is 409 g/mol. The molecule has 3 heterocycles. The number of H-pyrrole nitrogens is 1. The molecule has 1 aromatic carbocycles. The molecule has 10 heteroatoms. The van der Waals surface area contributed by atoms with Crippen molar-refractivity contribution in [3.8, 4) is 5.69 Å². The van der Waals surface area contributed by atoms with E-state index in [9.17, 15) is 14.4 Å². The molecule has 1 aliphatic rings. The third kappa shape index (κ3) is 4.32. The molecule has 3 amide bonds. The minimum absolute atomic E-state index is 0.0387. The molecule has 0 saturated carbocycles. The molecular weight excluding hydrogens is 386 g/mol. The van der Waals surface area contributed by atoms with Crippen LogP contribution in [0.4, 0.5) is 4.79 Å². The fraction of sp³-hybridized carbons (Fsp3) is 0.350. The Morgan fingerprint density at radius 2 is 1.87 bits per heavy atom. The zero-order chi connectivity index (χ0) is 20.9. The first-order chi connectivity index (χ1) is 14.6. The van der Waals surface area contributed by atoms with Gasteiger partial charge in [0.1, 0.15) is 11.2 Å². The second-order valence-electron chi connectivity index (χ2n) is 7.09. The largest absolute Gasteiger partial charge is 0.343 e. The summed E-state index contributed by atoms with van der Waals surface area (Å²) in [5, 5.41) is 9.92. The number of hydrogen-bond donors (Lipinski definition) is 3. The lowest BCUT2D eigenvalue weighted by Gasteiger charge is -2.15. The van der Waals surface area contributed by atoms with E-state index in [1.165, 1.54) is 6.20 Å². The maximum Gasteiger partial charge on any atom is 0.315 e. The van der Waals surface area contributed by atoms with Gasteiger partial charge in [-0.1, -0.05) is 18.2 Å². The highest BCUT2D eigenvalue weighted by Gasteiger charge is 2.17. The van der Waals surface area contributed by atoms with Crippen LogP contribution >= 0.6 is 0 Å². The van der Waals surface area contributed by atoms with Gasteiger partial charge in [-0.05, 0) is 25.0 Å². The van der Waals surface area contributed by atoms with E-state index in [-0.39, 0.29) is 31.0 Å². The summed E-state index contributed by atoms with van der Waals surface area (Å²) in [5.41, 5.74) is 0.874. The van der Waals surface area contributed by atoms with Crippen LogP contribution in [0.2, 0.25) is 0 Å². The van der Waals surface area contributed by atoms with Gasteiger partial charge in [0.2, 0.25) is 5.91 Å². The summed E-state index contributed by atoms with van der Waals surface area (Å²) < 4.78 is 1.58. The Morgan fingerprint density at radius 3 is 2.63 bits per heavy atom. The van der Waals surface area contributed by atoms with Crippen molar-refractivity contribution in [2.45, 2.75) is 25.8 Å². The van der Waals surface area contributed by atoms with Crippen molar-refractivity contribution in [3.63, 3.8) is 0 Å². The summed E-state index contributed by atoms with van der Waals surface area (Å²) in [6.45, 7) is 1.89. The molecule has 0 atom stereocenters. The van der Waals surface area contributed by atoms with E-state index in [4.69, 9.17) is 0 Å². The van der Waals surface area contributed by atoms with Gasteiger partial charge >= 0.3 is 6.03 Å². The normalized spacial score (nSPS) is 13.5. The van der Waals surface area contributed by atoms with Crippen LogP contribution in [0, 0.1) is 0 Å². The fourth-order valence-electron chi connectivity index (χ4n) is 3.44. The quantitative estimate of drug-likeness (QED) is 0.558. The van der Waals surface area contributed by atoms with Gasteiger partial charge in [0.15, 0.2) is 5.65 Å². The molecule has 3 N–H and O–H groups in total. The number of para-hydroxylation sites is 1. The summed E-state index contributed by atoms with van der Waals surface area (Å²) in [6, 6.07) is 8.94. The van der Waals surface area contributed by atoms with E-state index < -0.39 is 6.03 Å². The summed E-state index contributed by atoms with van der Waals surface area (Å²) in [7, 11) is 0. The molecule has 2 aromatic heterocycles. The molecular formula is C20H23N7O3. The molecule has 0 unspecified atom stereocenters. The second kappa shape index (κ2) is 8.76. The van der Waals surface area contributed by atoms with Crippen LogP contribution in [-0.4, -0.2) is 56.2 Å². The molecule has 0 radical (unpaired) electrons. The van der Waals surface area contributed by atoms with Crippen molar-refractivity contribution in [2.24, 2.45) is 0 Å². The van der Waals surface area contributed by atoms with Crippen molar-refractivity contribution in [1.29, 1.82) is 0 Å². The number of carbonyl (C=O) groups is 2. The van der Waals surface area contributed by atoms with Crippen molar-refractivity contribution in [2.75, 3.05) is 19.6 Å². The Bertz CT molecular complexity index is 1100. The maximum absolute atomic E-state index is 12.3. The van der Waals surface area contributed by atoms with E-state index in [0.29, 0.717) is 16.9 Å². The topological polar surface area (TPSA) is 125 Å². The minimum atomic E-state index is -0.427. The summed E-state index contributed by atoms with van der Waals surface area (Å²) in [4.78, 5) is 45.3. The molecule has 1 saturated heterocycles. The first kappa shape index (κ1) is 19.6. The van der Waals surface area contributed by atoms with Gasteiger partial charge in [0.25, 0.3) is 5.56 Å². The SMILES string of the molecule is O=C(NCCC(=O)N1CCCC1)NCc1nc2c(cnn2-c2ccccc2)c(=O)[nH]1. The molecule has 3 aromatic rings. The molecule has 0 spiro atoms. The van der Waals surface area contributed by atoms with Gasteiger partial charge in [-0.3, -0.25) is 9.59 Å². The fourth-order valence-corrected chi connectivity index (χ4v) is 3.44. The lowest BCUT2D eigenvalue weighted by Crippen LogP contribution is -2.38. The predicted octanol–water partition coefficient (Wildman–Crippen LogP) is 0.921. The third-order valence-corrected chi connectivity index (χ3v) is 4.99. The van der Waals surface area contributed by atoms with Crippen LogP contribution in [0.15, 0.2) is 41.3 Å². The molecule has 0 bridgehead atoms. The number of fused-ring (bicyclic) bond motifs is 1. The van der Waals surface area contributed by atoms with Crippen LogP contribution in [0.1, 0.15) is 25.1 Å². The summed E-state index contributed by atoms with van der Waals surface area (Å²) >= 11 is 0. The number of rotatable bonds is 6. The first-order valence-corrected chi connectivity index (χ1v) is 9.93. The number of nitrogens with one attached hydrogen (secondary N) is 3. The highest BCUT2D eigenvalue weighted by molar-refractivity contribution is 5.78. The smallest absolute Gasteiger partial charge is 0.315 e. The highest BCUT2D eigenvalue weighted by atomic mass is 16.2. The standard InChI is InChI=1S/C20H23N7O3/c28-17(26-10-4-5-11-26)8-9-21-20(30)22-13-16-24-18-15(19(29)25-16)12-23-27(18)14-6-2-1-3-7-14/h1-3,6-7,12H,4-5,8-11,13H2,(H2,21,22,30)(H,24,25,29). The summed E-state index contributed by atoms with van der Waals surface area (Å²) in [6.07, 6.45) is 3.82. The van der Waals surface area contributed by atoms with E-state index in [1.54, 1.807) is 4.68 Å². The number of nitrogens with zero attached hydrogens (tertiary/aromatic N) is 4. The number of aromatic amines is 1. The van der Waals surface area contributed by atoms with Gasteiger partial charge in [-0.25, -0.2) is 14.5 Å². The van der Waals surface area contributed by atoms with Crippen molar-refractivity contribution < 1.29 is 9.59 Å². The maximum atomic E-state index is 12.3. The van der Waals surface area contributed by atoms with Gasteiger partial charge < -0.3 is 20.5 Å². The minimum Gasteiger partial charge on any atom is -0.343 e. The number of hydrogen-bond acceptors (Lipinski definition) is 5. The van der Waals surface area contributed by atoms with E-state index >= 15 is 0 Å². The number of benzene rings is 1. The number of likely N-dealkylation sites (tertiary alicyclic amines) is 1. The van der Waals surface area contributed by atoms with Gasteiger partial charge in [-0.15, -0.1) is 0 Å². The van der Waals surface area contributed by atoms with E-state index in [0.717, 1.165) is 31.6 Å². The van der Waals surface area contributed by atoms with Crippen molar-refractivity contribution in [3.05, 3.63) is 52.7 Å². The predicted molar refractivity (Wildman–Crippen MR) is 110 cm³/mol. The van der Waals surface area contributed by atoms with Crippen LogP contribution < -0.4 is 16.2 Å². The van der Waals surface area contributed by atoms with Crippen molar-refractivity contribution >= 4 is 23.0 Å². The summed E-state index contributed by atoms with van der Waals surface area (Å²) in [5.74, 6) is 0.367. The Kier molecular flexibility index (Phi) is 5.73.